The molecule has 1 aliphatic carbocycles. The van der Waals surface area contributed by atoms with Crippen molar-refractivity contribution < 1.29 is 9.53 Å². The van der Waals surface area contributed by atoms with Crippen molar-refractivity contribution in [3.63, 3.8) is 0 Å². The van der Waals surface area contributed by atoms with Gasteiger partial charge in [0.1, 0.15) is 5.60 Å². The monoisotopic (exact) mass is 273 g/mol. The summed E-state index contributed by atoms with van der Waals surface area (Å²) < 4.78 is 4.55. The summed E-state index contributed by atoms with van der Waals surface area (Å²) in [7, 11) is 0. The SMILES string of the molecule is CC(C)(C)OC=O.Cc1cc2cc(C3CC3)ccc2[nH]1. The average molecular weight is 273 g/mol. The van der Waals surface area contributed by atoms with Crippen LogP contribution in [0.3, 0.4) is 0 Å². The van der Waals surface area contributed by atoms with Crippen LogP contribution in [0.25, 0.3) is 10.9 Å². The van der Waals surface area contributed by atoms with Crippen LogP contribution >= 0.6 is 0 Å². The van der Waals surface area contributed by atoms with Gasteiger partial charge in [-0.15, -0.1) is 0 Å². The molecule has 1 aromatic carbocycles. The minimum Gasteiger partial charge on any atom is -0.462 e. The van der Waals surface area contributed by atoms with Gasteiger partial charge in [0.15, 0.2) is 0 Å². The normalized spacial score (nSPS) is 14.6. The topological polar surface area (TPSA) is 42.1 Å². The third kappa shape index (κ3) is 4.12. The molecule has 0 spiro atoms. The summed E-state index contributed by atoms with van der Waals surface area (Å²) in [6.45, 7) is 8.03. The summed E-state index contributed by atoms with van der Waals surface area (Å²) >= 11 is 0. The lowest BCUT2D eigenvalue weighted by Gasteiger charge is -2.14. The standard InChI is InChI=1S/C12H13N.C5H10O2/c1-8-6-11-7-10(9-2-3-9)4-5-12(11)13-8;1-5(2,3)7-4-6/h4-7,9,13H,2-3H2,1H3;4H,1-3H3. The summed E-state index contributed by atoms with van der Waals surface area (Å²) in [6, 6.07) is 9.02. The molecule has 1 fully saturated rings. The smallest absolute Gasteiger partial charge is 0.293 e. The van der Waals surface area contributed by atoms with Gasteiger partial charge in [-0.05, 0) is 75.6 Å². The van der Waals surface area contributed by atoms with Gasteiger partial charge in [0.25, 0.3) is 6.47 Å². The number of aromatic nitrogens is 1. The van der Waals surface area contributed by atoms with Crippen molar-refractivity contribution >= 4 is 17.4 Å². The largest absolute Gasteiger partial charge is 0.462 e. The number of ether oxygens (including phenoxy) is 1. The first kappa shape index (κ1) is 14.6. The van der Waals surface area contributed by atoms with E-state index in [9.17, 15) is 4.79 Å². The predicted octanol–water partition coefficient (Wildman–Crippen LogP) is 4.31. The Morgan fingerprint density at radius 1 is 1.25 bits per heavy atom. The van der Waals surface area contributed by atoms with Crippen molar-refractivity contribution in [1.29, 1.82) is 0 Å². The minimum absolute atomic E-state index is 0.318. The molecule has 1 N–H and O–H groups in total. The number of hydrogen-bond acceptors (Lipinski definition) is 2. The van der Waals surface area contributed by atoms with E-state index in [1.165, 1.54) is 35.0 Å². The van der Waals surface area contributed by atoms with E-state index in [0.717, 1.165) is 5.92 Å². The molecule has 3 heteroatoms. The molecule has 1 saturated carbocycles. The molecule has 20 heavy (non-hydrogen) atoms. The first-order valence-electron chi connectivity index (χ1n) is 7.10. The van der Waals surface area contributed by atoms with E-state index in [1.807, 2.05) is 20.8 Å². The minimum atomic E-state index is -0.318. The van der Waals surface area contributed by atoms with Gasteiger partial charge >= 0.3 is 0 Å². The third-order valence-electron chi connectivity index (χ3n) is 3.23. The summed E-state index contributed by atoms with van der Waals surface area (Å²) in [6.07, 6.45) is 2.77. The van der Waals surface area contributed by atoms with Gasteiger partial charge in [-0.2, -0.15) is 0 Å². The van der Waals surface area contributed by atoms with E-state index < -0.39 is 0 Å². The number of nitrogens with one attached hydrogen (secondary N) is 1. The molecule has 0 atom stereocenters. The highest BCUT2D eigenvalue weighted by Crippen LogP contribution is 2.40. The van der Waals surface area contributed by atoms with E-state index in [1.54, 1.807) is 0 Å². The van der Waals surface area contributed by atoms with Crippen LogP contribution in [0.2, 0.25) is 0 Å². The zero-order valence-electron chi connectivity index (χ0n) is 12.7. The summed E-state index contributed by atoms with van der Waals surface area (Å²) in [5.74, 6) is 0.861. The Hall–Kier alpha value is -1.77. The molecule has 108 valence electrons. The zero-order chi connectivity index (χ0) is 14.8. The molecule has 1 heterocycles. The van der Waals surface area contributed by atoms with Crippen LogP contribution in [-0.2, 0) is 9.53 Å². The number of benzene rings is 1. The first-order chi connectivity index (χ1) is 9.39. The molecular formula is C17H23NO2. The second kappa shape index (κ2) is 5.70. The average Bonchev–Trinajstić information content (AvgIpc) is 3.09. The quantitative estimate of drug-likeness (QED) is 0.828. The third-order valence-corrected chi connectivity index (χ3v) is 3.23. The van der Waals surface area contributed by atoms with E-state index in [2.05, 4.69) is 40.9 Å². The van der Waals surface area contributed by atoms with E-state index in [4.69, 9.17) is 0 Å². The maximum Gasteiger partial charge on any atom is 0.293 e. The summed E-state index contributed by atoms with van der Waals surface area (Å²) in [5.41, 5.74) is 3.72. The Balaban J connectivity index is 0.000000182. The van der Waals surface area contributed by atoms with Crippen LogP contribution in [0, 0.1) is 6.92 Å². The van der Waals surface area contributed by atoms with Crippen molar-refractivity contribution in [1.82, 2.24) is 4.98 Å². The number of fused-ring (bicyclic) bond motifs is 1. The van der Waals surface area contributed by atoms with E-state index in [-0.39, 0.29) is 5.60 Å². The molecule has 3 nitrogen and oxygen atoms in total. The number of H-pyrrole nitrogens is 1. The van der Waals surface area contributed by atoms with Gasteiger partial charge in [0.2, 0.25) is 0 Å². The number of carbonyl (C=O) groups excluding carboxylic acids is 1. The van der Waals surface area contributed by atoms with Gasteiger partial charge in [0.05, 0.1) is 0 Å². The molecule has 1 aromatic heterocycles. The van der Waals surface area contributed by atoms with Crippen LogP contribution in [0.15, 0.2) is 24.3 Å². The highest BCUT2D eigenvalue weighted by Gasteiger charge is 2.23. The Labute approximate surface area is 120 Å². The predicted molar refractivity (Wildman–Crippen MR) is 81.9 cm³/mol. The summed E-state index contributed by atoms with van der Waals surface area (Å²) in [4.78, 5) is 12.9. The van der Waals surface area contributed by atoms with E-state index in [0.29, 0.717) is 6.47 Å². The van der Waals surface area contributed by atoms with Crippen LogP contribution in [0.1, 0.15) is 50.8 Å². The van der Waals surface area contributed by atoms with Crippen molar-refractivity contribution in [2.45, 2.75) is 52.1 Å². The number of aromatic amines is 1. The lowest BCUT2D eigenvalue weighted by Crippen LogP contribution is -2.17. The molecule has 2 aromatic rings. The Morgan fingerprint density at radius 3 is 2.45 bits per heavy atom. The highest BCUT2D eigenvalue weighted by molar-refractivity contribution is 5.81. The van der Waals surface area contributed by atoms with Gasteiger partial charge in [0, 0.05) is 11.2 Å². The fourth-order valence-corrected chi connectivity index (χ4v) is 2.11. The molecule has 0 radical (unpaired) electrons. The molecule has 3 rings (SSSR count). The van der Waals surface area contributed by atoms with Gasteiger partial charge in [-0.1, -0.05) is 6.07 Å². The van der Waals surface area contributed by atoms with Gasteiger partial charge < -0.3 is 9.72 Å². The molecule has 0 amide bonds. The van der Waals surface area contributed by atoms with Gasteiger partial charge in [-0.25, -0.2) is 0 Å². The van der Waals surface area contributed by atoms with Crippen molar-refractivity contribution in [3.05, 3.63) is 35.5 Å². The first-order valence-corrected chi connectivity index (χ1v) is 7.10. The fraction of sp³-hybridized carbons (Fsp3) is 0.471. The van der Waals surface area contributed by atoms with Crippen LogP contribution < -0.4 is 0 Å². The van der Waals surface area contributed by atoms with Crippen LogP contribution in [-0.4, -0.2) is 17.1 Å². The van der Waals surface area contributed by atoms with Crippen LogP contribution in [0.5, 0.6) is 0 Å². The van der Waals surface area contributed by atoms with E-state index >= 15 is 0 Å². The van der Waals surface area contributed by atoms with Crippen molar-refractivity contribution in [3.8, 4) is 0 Å². The second-order valence-corrected chi connectivity index (χ2v) is 6.40. The lowest BCUT2D eigenvalue weighted by atomic mass is 10.1. The lowest BCUT2D eigenvalue weighted by molar-refractivity contribution is -0.138. The Kier molecular flexibility index (Phi) is 4.17. The number of hydrogen-bond donors (Lipinski definition) is 1. The maximum absolute atomic E-state index is 9.60. The van der Waals surface area contributed by atoms with Gasteiger partial charge in [-0.3, -0.25) is 4.79 Å². The summed E-state index contributed by atoms with van der Waals surface area (Å²) in [5, 5.41) is 1.36. The Morgan fingerprint density at radius 2 is 1.95 bits per heavy atom. The molecule has 0 aliphatic heterocycles. The Bertz CT molecular complexity index is 589. The fourth-order valence-electron chi connectivity index (χ4n) is 2.11. The van der Waals surface area contributed by atoms with Crippen LogP contribution in [0.4, 0.5) is 0 Å². The number of aryl methyl sites for hydroxylation is 1. The second-order valence-electron chi connectivity index (χ2n) is 6.40. The van der Waals surface area contributed by atoms with Crippen molar-refractivity contribution in [2.24, 2.45) is 0 Å². The zero-order valence-corrected chi connectivity index (χ0v) is 12.7. The maximum atomic E-state index is 9.60. The molecule has 1 aliphatic rings. The molecule has 0 unspecified atom stereocenters. The number of carbonyl (C=O) groups is 1. The number of rotatable bonds is 2. The van der Waals surface area contributed by atoms with Crippen molar-refractivity contribution in [2.75, 3.05) is 0 Å². The highest BCUT2D eigenvalue weighted by atomic mass is 16.5. The molecular weight excluding hydrogens is 250 g/mol. The molecule has 0 bridgehead atoms. The molecule has 0 saturated heterocycles.